The maximum atomic E-state index is 12.7. The normalized spacial score (nSPS) is 11.2. The molecule has 10 heteroatoms. The number of amides is 2. The minimum absolute atomic E-state index is 0.160. The Balaban J connectivity index is 1.43. The SMILES string of the molecule is O=C(NCCCNC(=O)c1cccc(C(F)(F)F)n1)c1cc(-c2ccccc2)[nH]n1. The standard InChI is InChI=1S/C20H18F3N5O2/c21-20(22,23)17-9-4-8-14(26-17)18(29)24-10-5-11-25-19(30)16-12-15(27-28-16)13-6-2-1-3-7-13/h1-4,6-9,12H,5,10-11H2,(H,24,29)(H,25,30)(H,27,28). The zero-order chi connectivity index (χ0) is 21.6. The van der Waals surface area contributed by atoms with Crippen molar-refractivity contribution in [2.24, 2.45) is 0 Å². The predicted octanol–water partition coefficient (Wildman–Crippen LogP) is 3.04. The lowest BCUT2D eigenvalue weighted by molar-refractivity contribution is -0.141. The second-order valence-electron chi connectivity index (χ2n) is 6.30. The van der Waals surface area contributed by atoms with E-state index in [0.717, 1.165) is 17.7 Å². The van der Waals surface area contributed by atoms with E-state index >= 15 is 0 Å². The molecule has 7 nitrogen and oxygen atoms in total. The molecule has 0 aliphatic carbocycles. The third-order valence-corrected chi connectivity index (χ3v) is 4.09. The quantitative estimate of drug-likeness (QED) is 0.515. The smallest absolute Gasteiger partial charge is 0.351 e. The highest BCUT2D eigenvalue weighted by atomic mass is 19.4. The number of aromatic nitrogens is 3. The van der Waals surface area contributed by atoms with Gasteiger partial charge in [-0.3, -0.25) is 14.7 Å². The van der Waals surface area contributed by atoms with Crippen molar-refractivity contribution in [1.82, 2.24) is 25.8 Å². The van der Waals surface area contributed by atoms with Gasteiger partial charge in [-0.15, -0.1) is 0 Å². The number of hydrogen-bond donors (Lipinski definition) is 3. The van der Waals surface area contributed by atoms with Gasteiger partial charge in [0.2, 0.25) is 0 Å². The fourth-order valence-corrected chi connectivity index (χ4v) is 2.60. The molecule has 0 aliphatic heterocycles. The Morgan fingerprint density at radius 3 is 2.23 bits per heavy atom. The van der Waals surface area contributed by atoms with Crippen LogP contribution in [0.5, 0.6) is 0 Å². The number of carbonyl (C=O) groups is 2. The Bertz CT molecular complexity index is 1020. The minimum Gasteiger partial charge on any atom is -0.351 e. The van der Waals surface area contributed by atoms with Gasteiger partial charge in [-0.2, -0.15) is 18.3 Å². The van der Waals surface area contributed by atoms with Crippen molar-refractivity contribution in [3.63, 3.8) is 0 Å². The molecule has 0 saturated carbocycles. The number of pyridine rings is 1. The minimum atomic E-state index is -4.62. The van der Waals surface area contributed by atoms with Crippen molar-refractivity contribution in [2.45, 2.75) is 12.6 Å². The molecule has 0 aliphatic rings. The van der Waals surface area contributed by atoms with Crippen LogP contribution in [-0.4, -0.2) is 40.1 Å². The van der Waals surface area contributed by atoms with Crippen LogP contribution in [0.4, 0.5) is 13.2 Å². The summed E-state index contributed by atoms with van der Waals surface area (Å²) < 4.78 is 38.0. The molecule has 0 spiro atoms. The second-order valence-corrected chi connectivity index (χ2v) is 6.30. The van der Waals surface area contributed by atoms with Crippen LogP contribution in [0.2, 0.25) is 0 Å². The molecule has 2 amide bonds. The Kier molecular flexibility index (Phi) is 6.45. The number of alkyl halides is 3. The van der Waals surface area contributed by atoms with Crippen LogP contribution in [0.3, 0.4) is 0 Å². The van der Waals surface area contributed by atoms with Gasteiger partial charge in [0.05, 0.1) is 5.69 Å². The number of aromatic amines is 1. The average Bonchev–Trinajstić information content (AvgIpc) is 3.24. The number of carbonyl (C=O) groups excluding carboxylic acids is 2. The van der Waals surface area contributed by atoms with Crippen molar-refractivity contribution in [3.8, 4) is 11.3 Å². The maximum Gasteiger partial charge on any atom is 0.433 e. The number of halogens is 3. The van der Waals surface area contributed by atoms with Gasteiger partial charge in [-0.1, -0.05) is 36.4 Å². The summed E-state index contributed by atoms with van der Waals surface area (Å²) in [6.45, 7) is 0.412. The van der Waals surface area contributed by atoms with E-state index in [-0.39, 0.29) is 30.4 Å². The highest BCUT2D eigenvalue weighted by molar-refractivity contribution is 5.93. The predicted molar refractivity (Wildman–Crippen MR) is 103 cm³/mol. The molecule has 0 fully saturated rings. The molecule has 3 aromatic rings. The summed E-state index contributed by atoms with van der Waals surface area (Å²) >= 11 is 0. The summed E-state index contributed by atoms with van der Waals surface area (Å²) in [5, 5.41) is 11.9. The molecule has 3 N–H and O–H groups in total. The van der Waals surface area contributed by atoms with Gasteiger partial charge in [-0.05, 0) is 30.2 Å². The number of rotatable bonds is 7. The van der Waals surface area contributed by atoms with Crippen LogP contribution in [0.1, 0.15) is 33.1 Å². The van der Waals surface area contributed by atoms with Gasteiger partial charge >= 0.3 is 6.18 Å². The Hall–Kier alpha value is -3.69. The first-order chi connectivity index (χ1) is 14.3. The van der Waals surface area contributed by atoms with Gasteiger partial charge in [0, 0.05) is 13.1 Å². The van der Waals surface area contributed by atoms with Crippen molar-refractivity contribution < 1.29 is 22.8 Å². The topological polar surface area (TPSA) is 99.8 Å². The van der Waals surface area contributed by atoms with Gasteiger partial charge in [0.25, 0.3) is 11.8 Å². The lowest BCUT2D eigenvalue weighted by Gasteiger charge is -2.08. The fraction of sp³-hybridized carbons (Fsp3) is 0.200. The molecule has 2 aromatic heterocycles. The summed E-state index contributed by atoms with van der Waals surface area (Å²) in [5.74, 6) is -1.09. The van der Waals surface area contributed by atoms with E-state index < -0.39 is 17.8 Å². The first-order valence-electron chi connectivity index (χ1n) is 9.06. The van der Waals surface area contributed by atoms with E-state index in [4.69, 9.17) is 0 Å². The number of nitrogens with zero attached hydrogens (tertiary/aromatic N) is 2. The summed E-state index contributed by atoms with van der Waals surface area (Å²) in [6.07, 6.45) is -4.24. The van der Waals surface area contributed by atoms with Crippen molar-refractivity contribution in [3.05, 3.63) is 71.7 Å². The van der Waals surface area contributed by atoms with Crippen LogP contribution in [0.25, 0.3) is 11.3 Å². The van der Waals surface area contributed by atoms with Gasteiger partial charge in [0.15, 0.2) is 5.69 Å². The number of benzene rings is 1. The second kappa shape index (κ2) is 9.21. The lowest BCUT2D eigenvalue weighted by Crippen LogP contribution is -2.30. The van der Waals surface area contributed by atoms with E-state index in [9.17, 15) is 22.8 Å². The first kappa shape index (κ1) is 21.0. The van der Waals surface area contributed by atoms with Crippen molar-refractivity contribution >= 4 is 11.8 Å². The highest BCUT2D eigenvalue weighted by Crippen LogP contribution is 2.27. The third kappa shape index (κ3) is 5.43. The van der Waals surface area contributed by atoms with Gasteiger partial charge < -0.3 is 10.6 Å². The van der Waals surface area contributed by atoms with E-state index in [2.05, 4.69) is 25.8 Å². The molecule has 0 atom stereocenters. The summed E-state index contributed by atoms with van der Waals surface area (Å²) in [4.78, 5) is 27.4. The molecule has 156 valence electrons. The average molecular weight is 417 g/mol. The monoisotopic (exact) mass is 417 g/mol. The van der Waals surface area contributed by atoms with Crippen LogP contribution in [-0.2, 0) is 6.18 Å². The van der Waals surface area contributed by atoms with Crippen molar-refractivity contribution in [1.29, 1.82) is 0 Å². The molecule has 30 heavy (non-hydrogen) atoms. The lowest BCUT2D eigenvalue weighted by atomic mass is 10.1. The Morgan fingerprint density at radius 1 is 0.900 bits per heavy atom. The zero-order valence-corrected chi connectivity index (χ0v) is 15.7. The fourth-order valence-electron chi connectivity index (χ4n) is 2.60. The summed E-state index contributed by atoms with van der Waals surface area (Å²) in [7, 11) is 0. The van der Waals surface area contributed by atoms with Crippen LogP contribution in [0, 0.1) is 0 Å². The van der Waals surface area contributed by atoms with Gasteiger partial charge in [0.1, 0.15) is 11.4 Å². The molecule has 3 rings (SSSR count). The summed E-state index contributed by atoms with van der Waals surface area (Å²) in [5.41, 5.74) is 0.387. The molecular weight excluding hydrogens is 399 g/mol. The highest BCUT2D eigenvalue weighted by Gasteiger charge is 2.32. The summed E-state index contributed by atoms with van der Waals surface area (Å²) in [6, 6.07) is 14.2. The zero-order valence-electron chi connectivity index (χ0n) is 15.7. The van der Waals surface area contributed by atoms with Gasteiger partial charge in [-0.25, -0.2) is 4.98 Å². The largest absolute Gasteiger partial charge is 0.433 e. The molecule has 1 aromatic carbocycles. The Labute approximate surface area is 169 Å². The molecule has 0 unspecified atom stereocenters. The van der Waals surface area contributed by atoms with E-state index in [1.54, 1.807) is 6.07 Å². The van der Waals surface area contributed by atoms with E-state index in [0.29, 0.717) is 12.1 Å². The molecular formula is C20H18F3N5O2. The van der Waals surface area contributed by atoms with Crippen molar-refractivity contribution in [2.75, 3.05) is 13.1 Å². The van der Waals surface area contributed by atoms with Crippen LogP contribution in [0.15, 0.2) is 54.6 Å². The number of hydrogen-bond acceptors (Lipinski definition) is 4. The maximum absolute atomic E-state index is 12.7. The van der Waals surface area contributed by atoms with E-state index in [1.165, 1.54) is 6.07 Å². The van der Waals surface area contributed by atoms with Crippen LogP contribution < -0.4 is 10.6 Å². The number of H-pyrrole nitrogens is 1. The van der Waals surface area contributed by atoms with E-state index in [1.807, 2.05) is 30.3 Å². The number of nitrogens with one attached hydrogen (secondary N) is 3. The third-order valence-electron chi connectivity index (χ3n) is 4.09. The first-order valence-corrected chi connectivity index (χ1v) is 9.06. The molecule has 0 saturated heterocycles. The Morgan fingerprint density at radius 2 is 1.57 bits per heavy atom. The molecule has 0 bridgehead atoms. The molecule has 0 radical (unpaired) electrons. The molecule has 2 heterocycles. The van der Waals surface area contributed by atoms with Crippen LogP contribution >= 0.6 is 0 Å².